The van der Waals surface area contributed by atoms with Gasteiger partial charge in [0.05, 0.1) is 0 Å². The van der Waals surface area contributed by atoms with Gasteiger partial charge in [0.25, 0.3) is 0 Å². The highest BCUT2D eigenvalue weighted by Gasteiger charge is 2.39. The van der Waals surface area contributed by atoms with Crippen LogP contribution in [0.2, 0.25) is 6.04 Å². The van der Waals surface area contributed by atoms with E-state index in [2.05, 4.69) is 24.3 Å². The Hall–Kier alpha value is -0.943. The van der Waals surface area contributed by atoms with Crippen LogP contribution in [0, 0.1) is 0 Å². The second kappa shape index (κ2) is 9.88. The van der Waals surface area contributed by atoms with Crippen molar-refractivity contribution < 1.29 is 13.3 Å². The Labute approximate surface area is 123 Å². The molecule has 0 radical (unpaired) electrons. The van der Waals surface area contributed by atoms with E-state index >= 15 is 0 Å². The third kappa shape index (κ3) is 6.01. The molecule has 4 heteroatoms. The number of rotatable bonds is 10. The van der Waals surface area contributed by atoms with Crippen molar-refractivity contribution in [3.8, 4) is 0 Å². The summed E-state index contributed by atoms with van der Waals surface area (Å²) in [5.41, 5.74) is 1.21. The minimum Gasteiger partial charge on any atom is -0.374 e. The zero-order valence-electron chi connectivity index (χ0n) is 12.8. The van der Waals surface area contributed by atoms with Crippen molar-refractivity contribution in [1.29, 1.82) is 0 Å². The Morgan fingerprint density at radius 3 is 1.95 bits per heavy atom. The largest absolute Gasteiger partial charge is 0.501 e. The fourth-order valence-corrected chi connectivity index (χ4v) is 4.57. The smallest absolute Gasteiger partial charge is 0.374 e. The van der Waals surface area contributed by atoms with E-state index in [1.54, 1.807) is 0 Å². The van der Waals surface area contributed by atoms with Crippen molar-refractivity contribution in [1.82, 2.24) is 0 Å². The van der Waals surface area contributed by atoms with Gasteiger partial charge in [-0.3, -0.25) is 0 Å². The van der Waals surface area contributed by atoms with Crippen LogP contribution in [0.15, 0.2) is 36.4 Å². The van der Waals surface area contributed by atoms with Gasteiger partial charge in [0.2, 0.25) is 0 Å². The lowest BCUT2D eigenvalue weighted by atomic mass is 10.2. The second-order valence-electron chi connectivity index (χ2n) is 4.33. The van der Waals surface area contributed by atoms with E-state index in [0.29, 0.717) is 19.8 Å². The molecule has 0 aromatic heterocycles. The average molecular weight is 294 g/mol. The van der Waals surface area contributed by atoms with Crippen LogP contribution in [0.1, 0.15) is 32.8 Å². The van der Waals surface area contributed by atoms with Gasteiger partial charge >= 0.3 is 8.80 Å². The van der Waals surface area contributed by atoms with E-state index in [1.165, 1.54) is 5.56 Å². The third-order valence-electron chi connectivity index (χ3n) is 2.82. The summed E-state index contributed by atoms with van der Waals surface area (Å²) >= 11 is 0. The molecular weight excluding hydrogens is 268 g/mol. The van der Waals surface area contributed by atoms with Crippen molar-refractivity contribution in [2.24, 2.45) is 0 Å². The predicted octanol–water partition coefficient (Wildman–Crippen LogP) is 4.14. The molecule has 0 spiro atoms. The zero-order chi connectivity index (χ0) is 14.7. The second-order valence-corrected chi connectivity index (χ2v) is 7.07. The molecule has 0 heterocycles. The Kier molecular flexibility index (Phi) is 8.45. The molecule has 0 saturated heterocycles. The number of allylic oxidation sites excluding steroid dienone is 1. The average Bonchev–Trinajstić information content (AvgIpc) is 2.46. The van der Waals surface area contributed by atoms with Crippen molar-refractivity contribution in [2.75, 3.05) is 19.8 Å². The van der Waals surface area contributed by atoms with Gasteiger partial charge < -0.3 is 13.3 Å². The molecule has 0 aliphatic rings. The lowest BCUT2D eigenvalue weighted by Crippen LogP contribution is -2.45. The summed E-state index contributed by atoms with van der Waals surface area (Å²) in [5.74, 6) is 0. The van der Waals surface area contributed by atoms with Gasteiger partial charge in [-0.1, -0.05) is 42.5 Å². The summed E-state index contributed by atoms with van der Waals surface area (Å²) in [7, 11) is -2.48. The standard InChI is InChI=1S/C16H26O3Si/c1-4-17-20(18-5-2,19-6-3)15-11-10-14-16-12-8-7-9-13-16/h7-10,12-14H,4-6,11,15H2,1-3H3/b14-10+. The fourth-order valence-electron chi connectivity index (χ4n) is 2.04. The summed E-state index contributed by atoms with van der Waals surface area (Å²) in [4.78, 5) is 0. The maximum Gasteiger partial charge on any atom is 0.501 e. The van der Waals surface area contributed by atoms with Gasteiger partial charge in [0.15, 0.2) is 0 Å². The predicted molar refractivity (Wildman–Crippen MR) is 85.5 cm³/mol. The van der Waals surface area contributed by atoms with Crippen LogP contribution in [-0.4, -0.2) is 28.6 Å². The van der Waals surface area contributed by atoms with Crippen molar-refractivity contribution >= 4 is 14.9 Å². The molecule has 112 valence electrons. The molecule has 3 nitrogen and oxygen atoms in total. The van der Waals surface area contributed by atoms with E-state index in [-0.39, 0.29) is 0 Å². The molecule has 1 aromatic rings. The zero-order valence-corrected chi connectivity index (χ0v) is 13.8. The topological polar surface area (TPSA) is 27.7 Å². The summed E-state index contributed by atoms with van der Waals surface area (Å²) in [5, 5.41) is 0. The Morgan fingerprint density at radius 2 is 1.45 bits per heavy atom. The first-order valence-corrected chi connectivity index (χ1v) is 9.33. The van der Waals surface area contributed by atoms with E-state index in [4.69, 9.17) is 13.3 Å². The fraction of sp³-hybridized carbons (Fsp3) is 0.500. The van der Waals surface area contributed by atoms with Crippen molar-refractivity contribution in [3.05, 3.63) is 42.0 Å². The van der Waals surface area contributed by atoms with Gasteiger partial charge in [0.1, 0.15) is 0 Å². The summed E-state index contributed by atoms with van der Waals surface area (Å²) in [6.07, 6.45) is 5.19. The number of benzene rings is 1. The first-order chi connectivity index (χ1) is 9.76. The van der Waals surface area contributed by atoms with E-state index in [1.807, 2.05) is 39.0 Å². The minimum absolute atomic E-state index is 0.634. The van der Waals surface area contributed by atoms with E-state index in [9.17, 15) is 0 Å². The maximum atomic E-state index is 5.82. The molecule has 0 amide bonds. The van der Waals surface area contributed by atoms with Gasteiger partial charge in [0, 0.05) is 25.9 Å². The van der Waals surface area contributed by atoms with Crippen LogP contribution in [0.3, 0.4) is 0 Å². The van der Waals surface area contributed by atoms with Gasteiger partial charge in [-0.25, -0.2) is 0 Å². The molecule has 0 aliphatic carbocycles. The Balaban J connectivity index is 2.54. The van der Waals surface area contributed by atoms with Gasteiger partial charge in [-0.15, -0.1) is 0 Å². The molecule has 0 atom stereocenters. The monoisotopic (exact) mass is 294 g/mol. The molecule has 0 N–H and O–H groups in total. The highest BCUT2D eigenvalue weighted by atomic mass is 28.4. The minimum atomic E-state index is -2.48. The Bertz CT molecular complexity index is 362. The molecule has 0 aliphatic heterocycles. The lowest BCUT2D eigenvalue weighted by Gasteiger charge is -2.28. The van der Waals surface area contributed by atoms with Crippen LogP contribution >= 0.6 is 0 Å². The quantitative estimate of drug-likeness (QED) is 0.607. The van der Waals surface area contributed by atoms with Crippen molar-refractivity contribution in [2.45, 2.75) is 33.2 Å². The molecule has 0 bridgehead atoms. The van der Waals surface area contributed by atoms with Gasteiger partial charge in [-0.2, -0.15) is 0 Å². The first kappa shape index (κ1) is 17.1. The highest BCUT2D eigenvalue weighted by Crippen LogP contribution is 2.19. The van der Waals surface area contributed by atoms with Gasteiger partial charge in [-0.05, 0) is 32.8 Å². The van der Waals surface area contributed by atoms with Crippen LogP contribution in [0.25, 0.3) is 6.08 Å². The van der Waals surface area contributed by atoms with E-state index in [0.717, 1.165) is 12.5 Å². The number of hydrogen-bond donors (Lipinski definition) is 0. The molecule has 0 fully saturated rings. The van der Waals surface area contributed by atoms with Crippen LogP contribution in [0.4, 0.5) is 0 Å². The first-order valence-electron chi connectivity index (χ1n) is 7.39. The van der Waals surface area contributed by atoms with Crippen molar-refractivity contribution in [3.63, 3.8) is 0 Å². The molecule has 0 unspecified atom stereocenters. The van der Waals surface area contributed by atoms with Crippen LogP contribution in [-0.2, 0) is 13.3 Å². The molecule has 0 saturated carbocycles. The third-order valence-corrected chi connectivity index (χ3v) is 5.91. The number of hydrogen-bond acceptors (Lipinski definition) is 3. The normalized spacial score (nSPS) is 12.2. The van der Waals surface area contributed by atoms with Crippen LogP contribution in [0.5, 0.6) is 0 Å². The van der Waals surface area contributed by atoms with E-state index < -0.39 is 8.80 Å². The summed E-state index contributed by atoms with van der Waals surface area (Å²) in [6, 6.07) is 11.1. The highest BCUT2D eigenvalue weighted by molar-refractivity contribution is 6.60. The SMILES string of the molecule is CCO[Si](CC/C=C/c1ccccc1)(OCC)OCC. The molecule has 1 rings (SSSR count). The summed E-state index contributed by atoms with van der Waals surface area (Å²) < 4.78 is 17.5. The lowest BCUT2D eigenvalue weighted by molar-refractivity contribution is 0.0716. The van der Waals surface area contributed by atoms with Crippen LogP contribution < -0.4 is 0 Å². The Morgan fingerprint density at radius 1 is 0.900 bits per heavy atom. The summed E-state index contributed by atoms with van der Waals surface area (Å²) in [6.45, 7) is 7.86. The molecule has 20 heavy (non-hydrogen) atoms. The molecular formula is C16H26O3Si. The molecule has 1 aromatic carbocycles. The maximum absolute atomic E-state index is 5.82.